The lowest BCUT2D eigenvalue weighted by atomic mass is 10.1. The van der Waals surface area contributed by atoms with E-state index in [4.69, 9.17) is 0 Å². The molecule has 0 saturated carbocycles. The number of carboxylic acid groups (broad SMARTS) is 1. The van der Waals surface area contributed by atoms with E-state index >= 15 is 0 Å². The summed E-state index contributed by atoms with van der Waals surface area (Å²) >= 11 is 0. The Morgan fingerprint density at radius 3 is 2.33 bits per heavy atom. The van der Waals surface area contributed by atoms with Gasteiger partial charge in [-0.2, -0.15) is 4.68 Å². The molecule has 8 nitrogen and oxygen atoms in total. The van der Waals surface area contributed by atoms with Gasteiger partial charge in [0.1, 0.15) is 5.60 Å². The molecule has 24 heavy (non-hydrogen) atoms. The summed E-state index contributed by atoms with van der Waals surface area (Å²) < 4.78 is 1.94. The average Bonchev–Trinajstić information content (AvgIpc) is 2.77. The van der Waals surface area contributed by atoms with Gasteiger partial charge in [-0.3, -0.25) is 4.79 Å². The van der Waals surface area contributed by atoms with Crippen LogP contribution in [-0.2, 0) is 12.6 Å². The zero-order chi connectivity index (χ0) is 17.6. The Balaban J connectivity index is 2.16. The van der Waals surface area contributed by atoms with Crippen LogP contribution in [0.15, 0.2) is 35.4 Å². The zero-order valence-corrected chi connectivity index (χ0v) is 13.4. The van der Waals surface area contributed by atoms with Gasteiger partial charge in [-0.25, -0.2) is 19.4 Å². The summed E-state index contributed by atoms with van der Waals surface area (Å²) in [6.07, 6.45) is 1.86. The smallest absolute Gasteiger partial charge is 0.431 e. The van der Waals surface area contributed by atoms with Crippen LogP contribution in [0.5, 0.6) is 0 Å². The van der Waals surface area contributed by atoms with Crippen molar-refractivity contribution in [2.24, 2.45) is 7.05 Å². The Bertz CT molecular complexity index is 994. The fourth-order valence-electron chi connectivity index (χ4n) is 2.52. The maximum absolute atomic E-state index is 12.1. The first-order valence-corrected chi connectivity index (χ1v) is 7.20. The molecule has 2 N–H and O–H groups in total. The second-order valence-electron chi connectivity index (χ2n) is 6.01. The van der Waals surface area contributed by atoms with Gasteiger partial charge in [0.2, 0.25) is 0 Å². The zero-order valence-electron chi connectivity index (χ0n) is 13.4. The van der Waals surface area contributed by atoms with Crippen LogP contribution in [0.4, 0.5) is 4.79 Å². The molecular weight excluding hydrogens is 312 g/mol. The molecule has 1 aromatic carbocycles. The first-order valence-electron chi connectivity index (χ1n) is 7.20. The molecule has 0 amide bonds. The second-order valence-corrected chi connectivity index (χ2v) is 6.01. The minimum Gasteiger partial charge on any atom is -0.463 e. The number of hydrogen-bond donors (Lipinski definition) is 2. The highest BCUT2D eigenvalue weighted by Crippen LogP contribution is 2.24. The Hall–Kier alpha value is -3.00. The van der Waals surface area contributed by atoms with E-state index in [-0.39, 0.29) is 11.4 Å². The molecule has 0 aliphatic carbocycles. The van der Waals surface area contributed by atoms with Gasteiger partial charge in [0, 0.05) is 25.0 Å². The van der Waals surface area contributed by atoms with E-state index in [1.165, 1.54) is 7.05 Å². The van der Waals surface area contributed by atoms with Gasteiger partial charge in [0.15, 0.2) is 5.82 Å². The number of benzene rings is 1. The quantitative estimate of drug-likeness (QED) is 0.738. The molecule has 8 heteroatoms. The van der Waals surface area contributed by atoms with Crippen LogP contribution in [-0.4, -0.2) is 35.6 Å². The van der Waals surface area contributed by atoms with Crippen molar-refractivity contribution < 1.29 is 15.0 Å². The van der Waals surface area contributed by atoms with E-state index in [1.807, 2.05) is 0 Å². The molecule has 3 aromatic rings. The summed E-state index contributed by atoms with van der Waals surface area (Å²) in [4.78, 5) is 31.8. The fraction of sp³-hybridized carbons (Fsp3) is 0.250. The van der Waals surface area contributed by atoms with Crippen LogP contribution < -0.4 is 5.56 Å². The molecule has 0 bridgehead atoms. The van der Waals surface area contributed by atoms with E-state index in [0.717, 1.165) is 9.36 Å². The van der Waals surface area contributed by atoms with Crippen molar-refractivity contribution in [3.8, 4) is 11.1 Å². The van der Waals surface area contributed by atoms with Crippen LogP contribution in [0.3, 0.4) is 0 Å². The molecular formula is C16H16N4O4. The van der Waals surface area contributed by atoms with E-state index in [2.05, 4.69) is 9.97 Å². The van der Waals surface area contributed by atoms with Crippen LogP contribution in [0.2, 0.25) is 0 Å². The third kappa shape index (κ3) is 2.46. The van der Waals surface area contributed by atoms with Crippen molar-refractivity contribution in [1.82, 2.24) is 19.3 Å². The third-order valence-electron chi connectivity index (χ3n) is 3.76. The van der Waals surface area contributed by atoms with Crippen LogP contribution in [0.1, 0.15) is 19.7 Å². The third-order valence-corrected chi connectivity index (χ3v) is 3.76. The van der Waals surface area contributed by atoms with Gasteiger partial charge in [-0.1, -0.05) is 6.07 Å². The molecule has 0 unspecified atom stereocenters. The van der Waals surface area contributed by atoms with Crippen molar-refractivity contribution >= 4 is 17.0 Å². The normalized spacial score (nSPS) is 11.8. The highest BCUT2D eigenvalue weighted by atomic mass is 16.4. The number of carbonyl (C=O) groups is 1. The molecule has 0 spiro atoms. The minimum atomic E-state index is -1.24. The minimum absolute atomic E-state index is 0.287. The number of hydrogen-bond acceptors (Lipinski definition) is 5. The highest BCUT2D eigenvalue weighted by Gasteiger charge is 2.20. The number of nitrogens with zero attached hydrogens (tertiary/aromatic N) is 4. The molecule has 0 radical (unpaired) electrons. The van der Waals surface area contributed by atoms with Crippen molar-refractivity contribution in [2.45, 2.75) is 19.4 Å². The van der Waals surface area contributed by atoms with Crippen LogP contribution in [0, 0.1) is 0 Å². The predicted octanol–water partition coefficient (Wildman–Crippen LogP) is 1.55. The maximum atomic E-state index is 12.1. The Labute approximate surface area is 136 Å². The molecule has 0 saturated heterocycles. The van der Waals surface area contributed by atoms with Gasteiger partial charge in [-0.05, 0) is 31.5 Å². The molecule has 0 aliphatic rings. The molecule has 2 aromatic heterocycles. The lowest BCUT2D eigenvalue weighted by molar-refractivity contribution is 0.0687. The molecule has 3 rings (SSSR count). The van der Waals surface area contributed by atoms with Gasteiger partial charge < -0.3 is 10.2 Å². The summed E-state index contributed by atoms with van der Waals surface area (Å²) in [7, 11) is 1.40. The monoisotopic (exact) mass is 328 g/mol. The standard InChI is InChI=1S/C16H16N4O4/c1-16(2,24)14-17-7-10(8-18-14)9-4-5-11-12(6-9)20(15(22)23)19(3)13(11)21/h4-8,24H,1-3H3,(H,22,23). The number of fused-ring (bicyclic) bond motifs is 1. The second kappa shape index (κ2) is 5.27. The van der Waals surface area contributed by atoms with E-state index < -0.39 is 11.7 Å². The largest absolute Gasteiger partial charge is 0.463 e. The lowest BCUT2D eigenvalue weighted by Gasteiger charge is -2.15. The summed E-state index contributed by atoms with van der Waals surface area (Å²) in [5.41, 5.74) is 0.0845. The summed E-state index contributed by atoms with van der Waals surface area (Å²) in [5, 5.41) is 19.5. The SMILES string of the molecule is Cn1c(=O)c2ccc(-c3cnc(C(C)(C)O)nc3)cc2n1C(=O)O. The number of rotatable bonds is 2. The Morgan fingerprint density at radius 1 is 1.17 bits per heavy atom. The highest BCUT2D eigenvalue weighted by molar-refractivity contribution is 5.90. The molecule has 0 fully saturated rings. The van der Waals surface area contributed by atoms with E-state index in [0.29, 0.717) is 22.0 Å². The van der Waals surface area contributed by atoms with Crippen molar-refractivity contribution in [2.75, 3.05) is 0 Å². The predicted molar refractivity (Wildman–Crippen MR) is 86.9 cm³/mol. The van der Waals surface area contributed by atoms with Gasteiger partial charge in [0.25, 0.3) is 5.56 Å². The first-order chi connectivity index (χ1) is 11.2. The van der Waals surface area contributed by atoms with Gasteiger partial charge >= 0.3 is 6.09 Å². The van der Waals surface area contributed by atoms with Crippen molar-refractivity contribution in [1.29, 1.82) is 0 Å². The number of aromatic nitrogens is 4. The topological polar surface area (TPSA) is 110 Å². The average molecular weight is 328 g/mol. The summed E-state index contributed by atoms with van der Waals surface area (Å²) in [5.74, 6) is 0.287. The van der Waals surface area contributed by atoms with Crippen molar-refractivity contribution in [3.05, 3.63) is 46.8 Å². The lowest BCUT2D eigenvalue weighted by Crippen LogP contribution is -2.23. The van der Waals surface area contributed by atoms with Crippen LogP contribution in [0.25, 0.3) is 22.0 Å². The van der Waals surface area contributed by atoms with Gasteiger partial charge in [0.05, 0.1) is 10.9 Å². The Kier molecular flexibility index (Phi) is 3.49. The molecule has 0 atom stereocenters. The van der Waals surface area contributed by atoms with E-state index in [1.54, 1.807) is 44.4 Å². The van der Waals surface area contributed by atoms with E-state index in [9.17, 15) is 19.8 Å². The maximum Gasteiger partial charge on any atom is 0.431 e. The van der Waals surface area contributed by atoms with Crippen molar-refractivity contribution in [3.63, 3.8) is 0 Å². The first kappa shape index (κ1) is 15.9. The molecule has 124 valence electrons. The molecule has 2 heterocycles. The fourth-order valence-corrected chi connectivity index (χ4v) is 2.52. The summed E-state index contributed by atoms with van der Waals surface area (Å²) in [6, 6.07) is 4.89. The van der Waals surface area contributed by atoms with Gasteiger partial charge in [-0.15, -0.1) is 0 Å². The summed E-state index contributed by atoms with van der Waals surface area (Å²) in [6.45, 7) is 3.17. The number of aliphatic hydroxyl groups is 1. The Morgan fingerprint density at radius 2 is 1.79 bits per heavy atom. The molecule has 0 aliphatic heterocycles. The van der Waals surface area contributed by atoms with Crippen LogP contribution >= 0.6 is 0 Å².